The molecule has 100 valence electrons. The van der Waals surface area contributed by atoms with Gasteiger partial charge in [-0.15, -0.1) is 11.3 Å². The van der Waals surface area contributed by atoms with Gasteiger partial charge >= 0.3 is 0 Å². The van der Waals surface area contributed by atoms with E-state index in [4.69, 9.17) is 0 Å². The predicted molar refractivity (Wildman–Crippen MR) is 77.7 cm³/mol. The molecule has 0 aliphatic carbocycles. The molecule has 0 spiro atoms. The van der Waals surface area contributed by atoms with E-state index < -0.39 is 0 Å². The van der Waals surface area contributed by atoms with Crippen LogP contribution in [0.15, 0.2) is 23.3 Å². The maximum absolute atomic E-state index is 4.38. The first-order chi connectivity index (χ1) is 9.33. The molecule has 1 aliphatic rings. The predicted octanol–water partition coefficient (Wildman–Crippen LogP) is 2.17. The molecule has 1 aliphatic heterocycles. The van der Waals surface area contributed by atoms with Crippen LogP contribution in [-0.4, -0.2) is 35.1 Å². The summed E-state index contributed by atoms with van der Waals surface area (Å²) in [6.45, 7) is 2.98. The van der Waals surface area contributed by atoms with Crippen molar-refractivity contribution in [3.8, 4) is 0 Å². The van der Waals surface area contributed by atoms with E-state index in [0.29, 0.717) is 0 Å². The van der Waals surface area contributed by atoms with Crippen LogP contribution in [-0.2, 0) is 6.54 Å². The highest BCUT2D eigenvalue weighted by Crippen LogP contribution is 2.21. The van der Waals surface area contributed by atoms with Gasteiger partial charge in [-0.1, -0.05) is 0 Å². The minimum absolute atomic E-state index is 0.778. The number of hydrogen-bond donors (Lipinski definition) is 0. The first-order valence-corrected chi connectivity index (χ1v) is 7.42. The maximum Gasteiger partial charge on any atom is 0.134 e. The molecule has 0 N–H and O–H groups in total. The number of thiazole rings is 1. The Bertz CT molecular complexity index is 522. The Morgan fingerprint density at radius 3 is 2.84 bits per heavy atom. The number of nitrogens with zero attached hydrogens (tertiary/aromatic N) is 5. The molecule has 0 amide bonds. The van der Waals surface area contributed by atoms with Crippen molar-refractivity contribution < 1.29 is 0 Å². The highest BCUT2D eigenvalue weighted by Gasteiger charge is 2.15. The molecule has 0 unspecified atom stereocenters. The van der Waals surface area contributed by atoms with E-state index >= 15 is 0 Å². The Morgan fingerprint density at radius 1 is 1.26 bits per heavy atom. The second-order valence-corrected chi connectivity index (χ2v) is 5.48. The molecule has 0 radical (unpaired) electrons. The fourth-order valence-corrected chi connectivity index (χ4v) is 2.85. The summed E-state index contributed by atoms with van der Waals surface area (Å²) in [5.74, 6) is 1.98. The molecule has 19 heavy (non-hydrogen) atoms. The van der Waals surface area contributed by atoms with Gasteiger partial charge in [-0.05, 0) is 12.8 Å². The zero-order valence-corrected chi connectivity index (χ0v) is 11.8. The van der Waals surface area contributed by atoms with E-state index in [1.54, 1.807) is 17.7 Å². The summed E-state index contributed by atoms with van der Waals surface area (Å²) in [5.41, 5.74) is 2.94. The Hall–Kier alpha value is -1.69. The van der Waals surface area contributed by atoms with Crippen LogP contribution in [0.1, 0.15) is 18.5 Å². The lowest BCUT2D eigenvalue weighted by Crippen LogP contribution is -2.22. The fourth-order valence-electron chi connectivity index (χ4n) is 2.30. The number of anilines is 2. The van der Waals surface area contributed by atoms with Gasteiger partial charge in [0.25, 0.3) is 0 Å². The van der Waals surface area contributed by atoms with Crippen molar-refractivity contribution in [3.63, 3.8) is 0 Å². The molecule has 1 fully saturated rings. The van der Waals surface area contributed by atoms with Gasteiger partial charge in [0.1, 0.15) is 18.0 Å². The van der Waals surface area contributed by atoms with Gasteiger partial charge < -0.3 is 9.80 Å². The van der Waals surface area contributed by atoms with Gasteiger partial charge in [0.2, 0.25) is 0 Å². The summed E-state index contributed by atoms with van der Waals surface area (Å²) in [6, 6.07) is 2.07. The molecular formula is C13H17N5S. The normalized spacial score (nSPS) is 14.9. The topological polar surface area (TPSA) is 45.2 Å². The molecule has 3 rings (SSSR count). The lowest BCUT2D eigenvalue weighted by Gasteiger charge is -2.20. The van der Waals surface area contributed by atoms with E-state index in [2.05, 4.69) is 36.2 Å². The summed E-state index contributed by atoms with van der Waals surface area (Å²) in [5, 5.41) is 2.07. The molecule has 2 aromatic heterocycles. The van der Waals surface area contributed by atoms with Crippen molar-refractivity contribution in [3.05, 3.63) is 29.0 Å². The monoisotopic (exact) mass is 275 g/mol. The first kappa shape index (κ1) is 12.3. The van der Waals surface area contributed by atoms with E-state index in [1.807, 2.05) is 12.6 Å². The molecule has 0 atom stereocenters. The van der Waals surface area contributed by atoms with Crippen LogP contribution in [0.3, 0.4) is 0 Å². The fraction of sp³-hybridized carbons (Fsp3) is 0.462. The van der Waals surface area contributed by atoms with Crippen molar-refractivity contribution in [1.82, 2.24) is 15.0 Å². The Balaban J connectivity index is 1.74. The zero-order chi connectivity index (χ0) is 13.1. The van der Waals surface area contributed by atoms with Crippen LogP contribution < -0.4 is 9.80 Å². The number of aromatic nitrogens is 3. The number of hydrogen-bond acceptors (Lipinski definition) is 6. The quantitative estimate of drug-likeness (QED) is 0.855. The van der Waals surface area contributed by atoms with Crippen molar-refractivity contribution in [2.75, 3.05) is 29.9 Å². The third-order valence-corrected chi connectivity index (χ3v) is 3.98. The molecule has 5 nitrogen and oxygen atoms in total. The van der Waals surface area contributed by atoms with Crippen LogP contribution in [0.4, 0.5) is 11.6 Å². The Kier molecular flexibility index (Phi) is 3.59. The van der Waals surface area contributed by atoms with Crippen LogP contribution in [0, 0.1) is 0 Å². The van der Waals surface area contributed by atoms with Crippen LogP contribution in [0.2, 0.25) is 0 Å². The van der Waals surface area contributed by atoms with Crippen LogP contribution >= 0.6 is 11.3 Å². The zero-order valence-electron chi connectivity index (χ0n) is 11.0. The average Bonchev–Trinajstić information content (AvgIpc) is 3.12. The SMILES string of the molecule is CN(Cc1cscn1)c1cc(N2CCCC2)ncn1. The first-order valence-electron chi connectivity index (χ1n) is 6.48. The molecule has 0 saturated carbocycles. The molecule has 0 bridgehead atoms. The summed E-state index contributed by atoms with van der Waals surface area (Å²) in [6.07, 6.45) is 4.17. The highest BCUT2D eigenvalue weighted by atomic mass is 32.1. The second-order valence-electron chi connectivity index (χ2n) is 4.76. The van der Waals surface area contributed by atoms with E-state index in [1.165, 1.54) is 12.8 Å². The summed E-state index contributed by atoms with van der Waals surface area (Å²) >= 11 is 1.62. The van der Waals surface area contributed by atoms with Gasteiger partial charge in [0, 0.05) is 31.6 Å². The number of rotatable bonds is 4. The minimum atomic E-state index is 0.778. The van der Waals surface area contributed by atoms with Gasteiger partial charge in [-0.25, -0.2) is 15.0 Å². The third-order valence-electron chi connectivity index (χ3n) is 3.34. The molecular weight excluding hydrogens is 258 g/mol. The third kappa shape index (κ3) is 2.84. The van der Waals surface area contributed by atoms with E-state index in [0.717, 1.165) is 37.0 Å². The second kappa shape index (κ2) is 5.52. The van der Waals surface area contributed by atoms with Crippen molar-refractivity contribution in [1.29, 1.82) is 0 Å². The average molecular weight is 275 g/mol. The Labute approximate surface area is 116 Å². The largest absolute Gasteiger partial charge is 0.356 e. The van der Waals surface area contributed by atoms with Crippen molar-refractivity contribution in [2.24, 2.45) is 0 Å². The van der Waals surface area contributed by atoms with Crippen molar-refractivity contribution in [2.45, 2.75) is 19.4 Å². The standard InChI is InChI=1S/C13H17N5S/c1-17(7-11-8-19-10-16-11)12-6-13(15-9-14-12)18-4-2-3-5-18/h6,8-10H,2-5,7H2,1H3. The minimum Gasteiger partial charge on any atom is -0.356 e. The Morgan fingerprint density at radius 2 is 2.11 bits per heavy atom. The molecule has 6 heteroatoms. The van der Waals surface area contributed by atoms with E-state index in [9.17, 15) is 0 Å². The van der Waals surface area contributed by atoms with Crippen LogP contribution in [0.25, 0.3) is 0 Å². The van der Waals surface area contributed by atoms with E-state index in [-0.39, 0.29) is 0 Å². The van der Waals surface area contributed by atoms with Crippen molar-refractivity contribution >= 4 is 23.0 Å². The van der Waals surface area contributed by atoms with Crippen LogP contribution in [0.5, 0.6) is 0 Å². The summed E-state index contributed by atoms with van der Waals surface area (Å²) in [7, 11) is 2.04. The van der Waals surface area contributed by atoms with Gasteiger partial charge in [0.05, 0.1) is 17.7 Å². The van der Waals surface area contributed by atoms with Gasteiger partial charge in [-0.3, -0.25) is 0 Å². The highest BCUT2D eigenvalue weighted by molar-refractivity contribution is 7.07. The maximum atomic E-state index is 4.38. The van der Waals surface area contributed by atoms with Gasteiger partial charge in [-0.2, -0.15) is 0 Å². The molecule has 3 heterocycles. The van der Waals surface area contributed by atoms with Gasteiger partial charge in [0.15, 0.2) is 0 Å². The molecule has 1 saturated heterocycles. The summed E-state index contributed by atoms with van der Waals surface area (Å²) < 4.78 is 0. The molecule has 0 aromatic carbocycles. The summed E-state index contributed by atoms with van der Waals surface area (Å²) in [4.78, 5) is 17.5. The smallest absolute Gasteiger partial charge is 0.134 e. The lowest BCUT2D eigenvalue weighted by atomic mass is 10.4. The molecule has 2 aromatic rings. The lowest BCUT2D eigenvalue weighted by molar-refractivity contribution is 0.859.